The second kappa shape index (κ2) is 11.0. The van der Waals surface area contributed by atoms with Gasteiger partial charge in [0.1, 0.15) is 12.3 Å². The molecule has 1 N–H and O–H groups in total. The molecule has 2 heterocycles. The van der Waals surface area contributed by atoms with Crippen molar-refractivity contribution in [3.8, 4) is 5.75 Å². The molecular formula is C26H29N3O5. The van der Waals surface area contributed by atoms with Crippen molar-refractivity contribution in [2.45, 2.75) is 26.3 Å². The molecule has 3 aromatic rings. The molecule has 8 nitrogen and oxygen atoms in total. The molecule has 1 aromatic heterocycles. The zero-order chi connectivity index (χ0) is 23.9. The number of pyridine rings is 1. The topological polar surface area (TPSA) is 89.9 Å². The Kier molecular flexibility index (Phi) is 7.59. The van der Waals surface area contributed by atoms with E-state index < -0.39 is 0 Å². The number of hydrogen-bond acceptors (Lipinski definition) is 5. The summed E-state index contributed by atoms with van der Waals surface area (Å²) in [6.07, 6.45) is 3.67. The SMILES string of the molecule is CCCCOc1ccc(C(=O)Nc2ccc3ccn(CC(=O)N4CCOCC4)c(=O)c3c2)cc1. The predicted octanol–water partition coefficient (Wildman–Crippen LogP) is 3.29. The number of aromatic nitrogens is 1. The second-order valence-electron chi connectivity index (χ2n) is 8.22. The quantitative estimate of drug-likeness (QED) is 0.518. The summed E-state index contributed by atoms with van der Waals surface area (Å²) in [5.74, 6) is 0.331. The molecule has 2 aromatic carbocycles. The highest BCUT2D eigenvalue weighted by Crippen LogP contribution is 2.18. The van der Waals surface area contributed by atoms with Crippen molar-refractivity contribution in [3.05, 3.63) is 70.6 Å². The maximum Gasteiger partial charge on any atom is 0.258 e. The zero-order valence-corrected chi connectivity index (χ0v) is 19.3. The van der Waals surface area contributed by atoms with E-state index in [2.05, 4.69) is 12.2 Å². The van der Waals surface area contributed by atoms with Gasteiger partial charge in [0.25, 0.3) is 11.5 Å². The Balaban J connectivity index is 1.46. The summed E-state index contributed by atoms with van der Waals surface area (Å²) in [6.45, 7) is 4.80. The van der Waals surface area contributed by atoms with E-state index in [4.69, 9.17) is 9.47 Å². The maximum atomic E-state index is 13.0. The van der Waals surface area contributed by atoms with Crippen LogP contribution in [0.1, 0.15) is 30.1 Å². The van der Waals surface area contributed by atoms with E-state index in [1.807, 2.05) is 0 Å². The summed E-state index contributed by atoms with van der Waals surface area (Å²) < 4.78 is 12.3. The van der Waals surface area contributed by atoms with E-state index in [0.29, 0.717) is 49.5 Å². The second-order valence-corrected chi connectivity index (χ2v) is 8.22. The van der Waals surface area contributed by atoms with Gasteiger partial charge in [-0.1, -0.05) is 19.4 Å². The molecule has 0 atom stereocenters. The van der Waals surface area contributed by atoms with Crippen LogP contribution in [-0.2, 0) is 16.1 Å². The Morgan fingerprint density at radius 3 is 2.56 bits per heavy atom. The number of unbranched alkanes of at least 4 members (excludes halogenated alkanes) is 1. The average Bonchev–Trinajstić information content (AvgIpc) is 2.87. The lowest BCUT2D eigenvalue weighted by Crippen LogP contribution is -2.43. The molecular weight excluding hydrogens is 434 g/mol. The molecule has 0 saturated carbocycles. The number of carbonyl (C=O) groups excluding carboxylic acids is 2. The lowest BCUT2D eigenvalue weighted by Gasteiger charge is -2.27. The van der Waals surface area contributed by atoms with E-state index >= 15 is 0 Å². The van der Waals surface area contributed by atoms with Crippen molar-refractivity contribution >= 4 is 28.3 Å². The van der Waals surface area contributed by atoms with Crippen LogP contribution in [0.3, 0.4) is 0 Å². The van der Waals surface area contributed by atoms with Crippen LogP contribution in [0.2, 0.25) is 0 Å². The first-order chi connectivity index (χ1) is 16.5. The first kappa shape index (κ1) is 23.5. The molecule has 0 spiro atoms. The number of fused-ring (bicyclic) bond motifs is 1. The van der Waals surface area contributed by atoms with E-state index in [9.17, 15) is 14.4 Å². The highest BCUT2D eigenvalue weighted by atomic mass is 16.5. The fraction of sp³-hybridized carbons (Fsp3) is 0.346. The third-order valence-corrected chi connectivity index (χ3v) is 5.79. The summed E-state index contributed by atoms with van der Waals surface area (Å²) in [7, 11) is 0. The van der Waals surface area contributed by atoms with Gasteiger partial charge >= 0.3 is 0 Å². The van der Waals surface area contributed by atoms with Gasteiger partial charge in [0.2, 0.25) is 5.91 Å². The van der Waals surface area contributed by atoms with E-state index in [-0.39, 0.29) is 23.9 Å². The van der Waals surface area contributed by atoms with Crippen LogP contribution in [-0.4, -0.2) is 54.2 Å². The Morgan fingerprint density at radius 1 is 1.06 bits per heavy atom. The summed E-state index contributed by atoms with van der Waals surface area (Å²) in [5.41, 5.74) is 0.725. The molecule has 0 bridgehead atoms. The van der Waals surface area contributed by atoms with Crippen molar-refractivity contribution in [2.24, 2.45) is 0 Å². The minimum absolute atomic E-state index is 0.0297. The van der Waals surface area contributed by atoms with Gasteiger partial charge < -0.3 is 24.3 Å². The first-order valence-corrected chi connectivity index (χ1v) is 11.6. The van der Waals surface area contributed by atoms with Gasteiger partial charge in [-0.3, -0.25) is 14.4 Å². The molecule has 178 valence electrons. The Bertz CT molecular complexity index is 1210. The van der Waals surface area contributed by atoms with E-state index in [0.717, 1.165) is 24.0 Å². The molecule has 1 saturated heterocycles. The highest BCUT2D eigenvalue weighted by Gasteiger charge is 2.18. The molecule has 0 radical (unpaired) electrons. The molecule has 2 amide bonds. The number of amides is 2. The number of nitrogens with one attached hydrogen (secondary N) is 1. The molecule has 1 aliphatic heterocycles. The standard InChI is InChI=1S/C26H29N3O5/c1-2-3-14-34-22-8-5-20(6-9-22)25(31)27-21-7-4-19-10-11-29(26(32)23(19)17-21)18-24(30)28-12-15-33-16-13-28/h4-11,17H,2-3,12-16,18H2,1H3,(H,27,31). The minimum Gasteiger partial charge on any atom is -0.494 e. The average molecular weight is 464 g/mol. The number of benzene rings is 2. The van der Waals surface area contributed by atoms with E-state index in [1.165, 1.54) is 4.57 Å². The maximum absolute atomic E-state index is 13.0. The largest absolute Gasteiger partial charge is 0.494 e. The summed E-state index contributed by atoms with van der Waals surface area (Å²) in [4.78, 5) is 40.0. The van der Waals surface area contributed by atoms with Gasteiger partial charge in [0.15, 0.2) is 0 Å². The van der Waals surface area contributed by atoms with Crippen molar-refractivity contribution in [1.82, 2.24) is 9.47 Å². The summed E-state index contributed by atoms with van der Waals surface area (Å²) in [6, 6.07) is 13.9. The number of nitrogens with zero attached hydrogens (tertiary/aromatic N) is 2. The molecule has 1 fully saturated rings. The molecule has 0 aliphatic carbocycles. The van der Waals surface area contributed by atoms with Gasteiger partial charge in [-0.2, -0.15) is 0 Å². The monoisotopic (exact) mass is 463 g/mol. The molecule has 1 aliphatic rings. The number of ether oxygens (including phenoxy) is 2. The highest BCUT2D eigenvalue weighted by molar-refractivity contribution is 6.05. The Hall–Kier alpha value is -3.65. The molecule has 34 heavy (non-hydrogen) atoms. The van der Waals surface area contributed by atoms with Crippen molar-refractivity contribution < 1.29 is 19.1 Å². The fourth-order valence-corrected chi connectivity index (χ4v) is 3.78. The van der Waals surface area contributed by atoms with Gasteiger partial charge in [0.05, 0.1) is 19.8 Å². The lowest BCUT2D eigenvalue weighted by atomic mass is 10.1. The van der Waals surface area contributed by atoms with Crippen molar-refractivity contribution in [2.75, 3.05) is 38.2 Å². The summed E-state index contributed by atoms with van der Waals surface area (Å²) >= 11 is 0. The van der Waals surface area contributed by atoms with Crippen molar-refractivity contribution in [3.63, 3.8) is 0 Å². The van der Waals surface area contributed by atoms with Crippen LogP contribution in [0, 0.1) is 0 Å². The predicted molar refractivity (Wildman–Crippen MR) is 130 cm³/mol. The van der Waals surface area contributed by atoms with Crippen molar-refractivity contribution in [1.29, 1.82) is 0 Å². The summed E-state index contributed by atoms with van der Waals surface area (Å²) in [5, 5.41) is 4.03. The van der Waals surface area contributed by atoms with Gasteiger partial charge in [-0.05, 0) is 54.3 Å². The Labute approximate surface area is 198 Å². The van der Waals surface area contributed by atoms with Crippen LogP contribution in [0.5, 0.6) is 5.75 Å². The number of morpholine rings is 1. The number of carbonyl (C=O) groups is 2. The minimum atomic E-state index is -0.279. The van der Waals surface area contributed by atoms with Crippen LogP contribution in [0.15, 0.2) is 59.5 Å². The zero-order valence-electron chi connectivity index (χ0n) is 19.3. The van der Waals surface area contributed by atoms with Crippen LogP contribution >= 0.6 is 0 Å². The van der Waals surface area contributed by atoms with Crippen LogP contribution in [0.25, 0.3) is 10.8 Å². The normalized spacial score (nSPS) is 13.6. The van der Waals surface area contributed by atoms with Gasteiger partial charge in [-0.15, -0.1) is 0 Å². The molecule has 0 unspecified atom stereocenters. The number of anilines is 1. The molecule has 4 rings (SSSR count). The smallest absolute Gasteiger partial charge is 0.258 e. The van der Waals surface area contributed by atoms with Crippen LogP contribution in [0.4, 0.5) is 5.69 Å². The third-order valence-electron chi connectivity index (χ3n) is 5.79. The van der Waals surface area contributed by atoms with Gasteiger partial charge in [0, 0.05) is 35.9 Å². The van der Waals surface area contributed by atoms with Gasteiger partial charge in [-0.25, -0.2) is 0 Å². The van der Waals surface area contributed by atoms with Crippen LogP contribution < -0.4 is 15.6 Å². The lowest BCUT2D eigenvalue weighted by molar-refractivity contribution is -0.135. The fourth-order valence-electron chi connectivity index (χ4n) is 3.78. The first-order valence-electron chi connectivity index (χ1n) is 11.6. The third kappa shape index (κ3) is 5.63. The molecule has 8 heteroatoms. The van der Waals surface area contributed by atoms with E-state index in [1.54, 1.807) is 59.6 Å². The number of rotatable bonds is 8. The Morgan fingerprint density at radius 2 is 1.82 bits per heavy atom. The number of hydrogen-bond donors (Lipinski definition) is 1.